The first-order valence-electron chi connectivity index (χ1n) is 15.5. The maximum atomic E-state index is 6.07. The molecule has 0 amide bonds. The molecule has 7 rings (SSSR count). The minimum absolute atomic E-state index is 0. The molecule has 0 bridgehead atoms. The largest absolute Gasteiger partial charge is 0.486 e. The summed E-state index contributed by atoms with van der Waals surface area (Å²) in [5.41, 5.74) is 9.15. The van der Waals surface area contributed by atoms with Crippen molar-refractivity contribution in [1.82, 2.24) is 19.5 Å². The van der Waals surface area contributed by atoms with Crippen molar-refractivity contribution in [1.29, 1.82) is 0 Å². The van der Waals surface area contributed by atoms with Gasteiger partial charge in [-0.05, 0) is 53.9 Å². The van der Waals surface area contributed by atoms with E-state index in [1.165, 1.54) is 10.8 Å². The van der Waals surface area contributed by atoms with Crippen LogP contribution in [0.5, 0.6) is 0 Å². The summed E-state index contributed by atoms with van der Waals surface area (Å²) in [5, 5.41) is 3.54. The Balaban J connectivity index is 0.000000179. The van der Waals surface area contributed by atoms with E-state index >= 15 is 0 Å². The van der Waals surface area contributed by atoms with Crippen LogP contribution in [0.3, 0.4) is 0 Å². The second kappa shape index (κ2) is 13.1. The molecule has 3 aromatic carbocycles. The summed E-state index contributed by atoms with van der Waals surface area (Å²) in [6.45, 7) is 16.0. The van der Waals surface area contributed by atoms with Crippen molar-refractivity contribution in [2.75, 3.05) is 0 Å². The van der Waals surface area contributed by atoms with E-state index in [2.05, 4.69) is 92.6 Å². The van der Waals surface area contributed by atoms with Crippen molar-refractivity contribution in [2.24, 2.45) is 12.5 Å². The number of hydrogen-bond acceptors (Lipinski definition) is 4. The van der Waals surface area contributed by atoms with Crippen LogP contribution >= 0.6 is 0 Å². The molecule has 7 heteroatoms. The number of benzene rings is 3. The fraction of sp³-hybridized carbons (Fsp3) is 0.256. The van der Waals surface area contributed by atoms with Crippen LogP contribution in [0, 0.1) is 24.5 Å². The molecule has 0 aliphatic carbocycles. The maximum absolute atomic E-state index is 6.07. The van der Waals surface area contributed by atoms with Gasteiger partial charge in [-0.3, -0.25) is 4.98 Å². The molecule has 237 valence electrons. The standard InChI is InChI=1S/C20H14N3O.C19H26NSi.Ir/c1-12-10-11-14-13-6-5-7-15(18(13)24-20(14)21-12)19-22-16-8-3-4-9-17(16)23(19)2;1-19(2,3)13-16-12-17(15-10-8-7-9-11-15)20-14-18(16)21(4,5)6;/h3-6,8-11H,1-2H3;7-10,12,14H,13H2,1-6H3;/q2*-1;. The Hall–Kier alpha value is -3.90. The van der Waals surface area contributed by atoms with Gasteiger partial charge in [-0.15, -0.1) is 54.1 Å². The fourth-order valence-corrected chi connectivity index (χ4v) is 7.42. The van der Waals surface area contributed by atoms with E-state index < -0.39 is 8.07 Å². The van der Waals surface area contributed by atoms with Gasteiger partial charge in [-0.1, -0.05) is 75.1 Å². The maximum Gasteiger partial charge on any atom is 0.216 e. The van der Waals surface area contributed by atoms with E-state index in [4.69, 9.17) is 14.4 Å². The molecule has 0 saturated heterocycles. The number of hydrogen-bond donors (Lipinski definition) is 0. The first kappa shape index (κ1) is 33.5. The Morgan fingerprint density at radius 2 is 1.63 bits per heavy atom. The van der Waals surface area contributed by atoms with Crippen LogP contribution in [0.2, 0.25) is 19.6 Å². The molecule has 0 aliphatic heterocycles. The zero-order chi connectivity index (χ0) is 31.9. The average molecular weight is 801 g/mol. The zero-order valence-electron chi connectivity index (χ0n) is 27.8. The second-order valence-corrected chi connectivity index (χ2v) is 19.0. The third kappa shape index (κ3) is 6.92. The van der Waals surface area contributed by atoms with Crippen LogP contribution in [-0.2, 0) is 33.6 Å². The van der Waals surface area contributed by atoms with Crippen molar-refractivity contribution in [2.45, 2.75) is 53.8 Å². The van der Waals surface area contributed by atoms with Crippen LogP contribution in [0.15, 0.2) is 89.5 Å². The second-order valence-electron chi connectivity index (χ2n) is 14.0. The van der Waals surface area contributed by atoms with Gasteiger partial charge in [0, 0.05) is 44.4 Å². The number of aryl methyl sites for hydroxylation is 2. The van der Waals surface area contributed by atoms with Gasteiger partial charge in [0.1, 0.15) is 0 Å². The van der Waals surface area contributed by atoms with E-state index in [-0.39, 0.29) is 25.5 Å². The van der Waals surface area contributed by atoms with E-state index in [9.17, 15) is 0 Å². The quantitative estimate of drug-likeness (QED) is 0.132. The van der Waals surface area contributed by atoms with Gasteiger partial charge >= 0.3 is 0 Å². The molecule has 4 aromatic heterocycles. The van der Waals surface area contributed by atoms with Crippen molar-refractivity contribution in [3.63, 3.8) is 0 Å². The van der Waals surface area contributed by atoms with Crippen LogP contribution in [0.25, 0.3) is 55.7 Å². The SMILES string of the molecule is CC(C)(C)Cc1cc(-c2[c-]cccc2)ncc1[Si](C)(C)C.Cc1ccc2c(n1)oc1c(-c3nc4ccccc4n3C)[c-]ccc12.[Ir]. The Kier molecular flexibility index (Phi) is 9.51. The number of nitrogens with zero attached hydrogens (tertiary/aromatic N) is 4. The molecule has 0 spiro atoms. The molecule has 46 heavy (non-hydrogen) atoms. The van der Waals surface area contributed by atoms with Crippen LogP contribution < -0.4 is 5.19 Å². The van der Waals surface area contributed by atoms with Gasteiger partial charge < -0.3 is 14.0 Å². The molecule has 5 nitrogen and oxygen atoms in total. The summed E-state index contributed by atoms with van der Waals surface area (Å²) in [6, 6.07) is 33.0. The molecular formula is C39H40IrN4OSi-2. The fourth-order valence-electron chi connectivity index (χ4n) is 5.84. The van der Waals surface area contributed by atoms with Gasteiger partial charge in [0.25, 0.3) is 0 Å². The van der Waals surface area contributed by atoms with Gasteiger partial charge in [0.15, 0.2) is 0 Å². The molecule has 0 atom stereocenters. The monoisotopic (exact) mass is 801 g/mol. The first-order valence-corrected chi connectivity index (χ1v) is 19.0. The minimum Gasteiger partial charge on any atom is -0.486 e. The summed E-state index contributed by atoms with van der Waals surface area (Å²) in [5.74, 6) is 0.845. The molecular weight excluding hydrogens is 761 g/mol. The third-order valence-electron chi connectivity index (χ3n) is 7.95. The predicted molar refractivity (Wildman–Crippen MR) is 189 cm³/mol. The van der Waals surface area contributed by atoms with Crippen LogP contribution in [-0.4, -0.2) is 27.6 Å². The molecule has 1 radical (unpaired) electrons. The Labute approximate surface area is 286 Å². The Morgan fingerprint density at radius 1 is 0.870 bits per heavy atom. The number of para-hydroxylation sites is 2. The smallest absolute Gasteiger partial charge is 0.216 e. The zero-order valence-corrected chi connectivity index (χ0v) is 31.2. The van der Waals surface area contributed by atoms with Gasteiger partial charge in [0.05, 0.1) is 30.5 Å². The normalized spacial score (nSPS) is 11.8. The third-order valence-corrected chi connectivity index (χ3v) is 10.0. The summed E-state index contributed by atoms with van der Waals surface area (Å²) in [4.78, 5) is 14.0. The molecule has 0 unspecified atom stereocenters. The number of furan rings is 1. The summed E-state index contributed by atoms with van der Waals surface area (Å²) >= 11 is 0. The van der Waals surface area contributed by atoms with E-state index in [0.29, 0.717) is 5.71 Å². The molecule has 0 N–H and O–H groups in total. The van der Waals surface area contributed by atoms with Crippen molar-refractivity contribution < 1.29 is 24.5 Å². The van der Waals surface area contributed by atoms with E-state index in [1.807, 2.05) is 68.6 Å². The average Bonchev–Trinajstić information content (AvgIpc) is 3.53. The minimum atomic E-state index is -1.37. The van der Waals surface area contributed by atoms with Crippen molar-refractivity contribution >= 4 is 46.4 Å². The summed E-state index contributed by atoms with van der Waals surface area (Å²) in [6.07, 6.45) is 3.21. The number of rotatable bonds is 4. The molecule has 0 aliphatic rings. The Morgan fingerprint density at radius 3 is 2.33 bits per heavy atom. The predicted octanol–water partition coefficient (Wildman–Crippen LogP) is 9.32. The van der Waals surface area contributed by atoms with E-state index in [1.54, 1.807) is 0 Å². The molecule has 0 saturated carbocycles. The number of imidazole rings is 1. The van der Waals surface area contributed by atoms with Crippen LogP contribution in [0.4, 0.5) is 0 Å². The van der Waals surface area contributed by atoms with Crippen LogP contribution in [0.1, 0.15) is 32.0 Å². The topological polar surface area (TPSA) is 56.7 Å². The Bertz CT molecular complexity index is 2140. The first-order chi connectivity index (χ1) is 21.4. The number of fused-ring (bicyclic) bond motifs is 4. The van der Waals surface area contributed by atoms with Gasteiger partial charge in [-0.25, -0.2) is 4.98 Å². The number of pyridine rings is 2. The van der Waals surface area contributed by atoms with Gasteiger partial charge in [0.2, 0.25) is 5.71 Å². The molecule has 0 fully saturated rings. The number of aromatic nitrogens is 4. The van der Waals surface area contributed by atoms with Crippen molar-refractivity contribution in [3.05, 3.63) is 108 Å². The summed E-state index contributed by atoms with van der Waals surface area (Å²) < 4.78 is 8.15. The summed E-state index contributed by atoms with van der Waals surface area (Å²) in [7, 11) is 0.642. The molecule has 4 heterocycles. The van der Waals surface area contributed by atoms with Gasteiger partial charge in [-0.2, -0.15) is 0 Å². The van der Waals surface area contributed by atoms with Crippen molar-refractivity contribution in [3.8, 4) is 22.6 Å². The van der Waals surface area contributed by atoms with E-state index in [0.717, 1.165) is 62.1 Å². The molecule has 7 aromatic rings.